The number of rotatable bonds is 5. The summed E-state index contributed by atoms with van der Waals surface area (Å²) in [5.41, 5.74) is 0.364. The molecule has 2 aliphatic heterocycles. The van der Waals surface area contributed by atoms with E-state index in [1.54, 1.807) is 11.3 Å². The van der Waals surface area contributed by atoms with Crippen molar-refractivity contribution < 1.29 is 4.79 Å². The van der Waals surface area contributed by atoms with Crippen LogP contribution in [0.3, 0.4) is 0 Å². The molecule has 5 heteroatoms. The van der Waals surface area contributed by atoms with Crippen LogP contribution in [-0.4, -0.2) is 55.0 Å². The van der Waals surface area contributed by atoms with E-state index in [2.05, 4.69) is 48.1 Å². The lowest BCUT2D eigenvalue weighted by Crippen LogP contribution is -2.43. The third-order valence-corrected chi connectivity index (χ3v) is 6.70. The second kappa shape index (κ2) is 7.54. The average Bonchev–Trinajstić information content (AvgIpc) is 3.13. The Kier molecular flexibility index (Phi) is 5.63. The first kappa shape index (κ1) is 17.9. The molecule has 2 aliphatic rings. The van der Waals surface area contributed by atoms with Gasteiger partial charge in [-0.05, 0) is 76.8 Å². The highest BCUT2D eigenvalue weighted by Gasteiger charge is 2.47. The Morgan fingerprint density at radius 3 is 2.75 bits per heavy atom. The van der Waals surface area contributed by atoms with Crippen molar-refractivity contribution >= 4 is 17.2 Å². The summed E-state index contributed by atoms with van der Waals surface area (Å²) in [4.78, 5) is 20.3. The normalized spacial score (nSPS) is 24.5. The second-order valence-corrected chi connectivity index (χ2v) is 9.10. The van der Waals surface area contributed by atoms with Crippen molar-refractivity contribution in [3.63, 3.8) is 0 Å². The Hall–Kier alpha value is -0.910. The molecular weight excluding hydrogens is 318 g/mol. The zero-order chi connectivity index (χ0) is 17.2. The molecule has 134 valence electrons. The van der Waals surface area contributed by atoms with Gasteiger partial charge >= 0.3 is 0 Å². The van der Waals surface area contributed by atoms with Crippen LogP contribution >= 0.6 is 11.3 Å². The Bertz CT molecular complexity index is 563. The van der Waals surface area contributed by atoms with Gasteiger partial charge in [-0.3, -0.25) is 9.69 Å². The van der Waals surface area contributed by atoms with Crippen molar-refractivity contribution in [2.75, 3.05) is 33.2 Å². The molecule has 3 rings (SSSR count). The average molecular weight is 350 g/mol. The molecule has 1 atom stereocenters. The summed E-state index contributed by atoms with van der Waals surface area (Å²) in [5, 5.41) is 3.19. The lowest BCUT2D eigenvalue weighted by atomic mass is 9.76. The highest BCUT2D eigenvalue weighted by molar-refractivity contribution is 7.11. The number of nitrogens with zero attached hydrogens (tertiary/aromatic N) is 2. The van der Waals surface area contributed by atoms with Gasteiger partial charge in [-0.2, -0.15) is 0 Å². The lowest BCUT2D eigenvalue weighted by molar-refractivity contribution is -0.125. The third-order valence-electron chi connectivity index (χ3n) is 5.70. The quantitative estimate of drug-likeness (QED) is 0.888. The first-order valence-corrected chi connectivity index (χ1v) is 10.1. The Labute approximate surface area is 150 Å². The van der Waals surface area contributed by atoms with Gasteiger partial charge in [0, 0.05) is 16.3 Å². The first-order valence-electron chi connectivity index (χ1n) is 9.27. The molecule has 3 heterocycles. The number of hydrogen-bond acceptors (Lipinski definition) is 4. The molecule has 2 fully saturated rings. The monoisotopic (exact) mass is 349 g/mol. The molecule has 1 spiro atoms. The van der Waals surface area contributed by atoms with Crippen molar-refractivity contribution in [1.82, 2.24) is 15.1 Å². The second-order valence-electron chi connectivity index (χ2n) is 7.72. The highest BCUT2D eigenvalue weighted by atomic mass is 32.1. The number of aryl methyl sites for hydroxylation is 1. The van der Waals surface area contributed by atoms with Gasteiger partial charge in [-0.25, -0.2) is 0 Å². The van der Waals surface area contributed by atoms with E-state index < -0.39 is 0 Å². The summed E-state index contributed by atoms with van der Waals surface area (Å²) in [5.74, 6) is 0.227. The number of amides is 1. The summed E-state index contributed by atoms with van der Waals surface area (Å²) in [6.07, 6.45) is 4.62. The van der Waals surface area contributed by atoms with E-state index in [1.165, 1.54) is 35.7 Å². The van der Waals surface area contributed by atoms with Crippen LogP contribution in [0.1, 0.15) is 42.4 Å². The highest BCUT2D eigenvalue weighted by Crippen LogP contribution is 2.43. The van der Waals surface area contributed by atoms with Gasteiger partial charge in [-0.15, -0.1) is 11.3 Å². The molecule has 1 aromatic rings. The lowest BCUT2D eigenvalue weighted by Gasteiger charge is -2.37. The van der Waals surface area contributed by atoms with Crippen LogP contribution in [0.15, 0.2) is 12.1 Å². The molecule has 0 saturated carbocycles. The molecular formula is C19H31N3OS. The van der Waals surface area contributed by atoms with E-state index in [0.29, 0.717) is 12.0 Å². The van der Waals surface area contributed by atoms with Crippen LogP contribution in [0.25, 0.3) is 0 Å². The van der Waals surface area contributed by atoms with Gasteiger partial charge in [0.05, 0.1) is 12.6 Å². The van der Waals surface area contributed by atoms with Gasteiger partial charge in [0.2, 0.25) is 5.91 Å². The molecule has 0 unspecified atom stereocenters. The SMILES string of the molecule is CCCN1CC2(CCN(C)CC2)C[C@@H]1C(=O)NCc1ccc(C)s1. The summed E-state index contributed by atoms with van der Waals surface area (Å²) < 4.78 is 0. The Balaban J connectivity index is 1.62. The van der Waals surface area contributed by atoms with E-state index in [9.17, 15) is 4.79 Å². The van der Waals surface area contributed by atoms with Crippen LogP contribution < -0.4 is 5.32 Å². The van der Waals surface area contributed by atoms with Crippen LogP contribution in [0, 0.1) is 12.3 Å². The minimum atomic E-state index is 0.0643. The predicted octanol–water partition coefficient (Wildman–Crippen LogP) is 2.87. The minimum absolute atomic E-state index is 0.0643. The smallest absolute Gasteiger partial charge is 0.237 e. The van der Waals surface area contributed by atoms with Crippen molar-refractivity contribution in [3.8, 4) is 0 Å². The Morgan fingerprint density at radius 2 is 2.12 bits per heavy atom. The number of carbonyl (C=O) groups excluding carboxylic acids is 1. The summed E-state index contributed by atoms with van der Waals surface area (Å²) in [7, 11) is 2.21. The molecule has 24 heavy (non-hydrogen) atoms. The summed E-state index contributed by atoms with van der Waals surface area (Å²) in [6.45, 7) is 9.47. The minimum Gasteiger partial charge on any atom is -0.350 e. The van der Waals surface area contributed by atoms with Crippen molar-refractivity contribution in [1.29, 1.82) is 0 Å². The largest absolute Gasteiger partial charge is 0.350 e. The van der Waals surface area contributed by atoms with Gasteiger partial charge < -0.3 is 10.2 Å². The van der Waals surface area contributed by atoms with E-state index in [4.69, 9.17) is 0 Å². The van der Waals surface area contributed by atoms with Gasteiger partial charge in [0.15, 0.2) is 0 Å². The molecule has 1 amide bonds. The number of likely N-dealkylation sites (tertiary alicyclic amines) is 2. The van der Waals surface area contributed by atoms with Crippen molar-refractivity contribution in [2.24, 2.45) is 5.41 Å². The number of piperidine rings is 1. The number of nitrogens with one attached hydrogen (secondary N) is 1. The molecule has 0 radical (unpaired) electrons. The summed E-state index contributed by atoms with van der Waals surface area (Å²) >= 11 is 1.77. The zero-order valence-electron chi connectivity index (χ0n) is 15.3. The molecule has 4 nitrogen and oxygen atoms in total. The molecule has 2 saturated heterocycles. The number of thiophene rings is 1. The van der Waals surface area contributed by atoms with E-state index in [0.717, 1.165) is 25.9 Å². The van der Waals surface area contributed by atoms with E-state index in [-0.39, 0.29) is 11.9 Å². The van der Waals surface area contributed by atoms with Crippen LogP contribution in [0.2, 0.25) is 0 Å². The predicted molar refractivity (Wildman–Crippen MR) is 100 cm³/mol. The molecule has 0 bridgehead atoms. The van der Waals surface area contributed by atoms with Crippen molar-refractivity contribution in [2.45, 2.75) is 52.1 Å². The maximum absolute atomic E-state index is 12.8. The number of carbonyl (C=O) groups is 1. The van der Waals surface area contributed by atoms with Gasteiger partial charge in [0.1, 0.15) is 0 Å². The Morgan fingerprint density at radius 1 is 1.38 bits per heavy atom. The molecule has 0 aromatic carbocycles. The maximum Gasteiger partial charge on any atom is 0.237 e. The summed E-state index contributed by atoms with van der Waals surface area (Å²) in [6, 6.07) is 4.31. The molecule has 1 N–H and O–H groups in total. The fourth-order valence-electron chi connectivity index (χ4n) is 4.25. The fraction of sp³-hybridized carbons (Fsp3) is 0.737. The third kappa shape index (κ3) is 4.01. The van der Waals surface area contributed by atoms with Crippen molar-refractivity contribution in [3.05, 3.63) is 21.9 Å². The number of hydrogen-bond donors (Lipinski definition) is 1. The standard InChI is InChI=1S/C19H31N3OS/c1-4-9-22-14-19(7-10-21(3)11-8-19)12-17(22)18(23)20-13-16-6-5-15(2)24-16/h5-6,17H,4,7-14H2,1-3H3,(H,20,23)/t17-/m1/s1. The fourth-order valence-corrected chi connectivity index (χ4v) is 5.08. The van der Waals surface area contributed by atoms with Crippen LogP contribution in [0.5, 0.6) is 0 Å². The molecule has 0 aliphatic carbocycles. The maximum atomic E-state index is 12.8. The van der Waals surface area contributed by atoms with E-state index >= 15 is 0 Å². The topological polar surface area (TPSA) is 35.6 Å². The van der Waals surface area contributed by atoms with Gasteiger partial charge in [-0.1, -0.05) is 6.92 Å². The van der Waals surface area contributed by atoms with Crippen LogP contribution in [0.4, 0.5) is 0 Å². The zero-order valence-corrected chi connectivity index (χ0v) is 16.1. The van der Waals surface area contributed by atoms with E-state index in [1.807, 2.05) is 0 Å². The van der Waals surface area contributed by atoms with Crippen LogP contribution in [-0.2, 0) is 11.3 Å². The molecule has 1 aromatic heterocycles. The first-order chi connectivity index (χ1) is 11.5. The van der Waals surface area contributed by atoms with Gasteiger partial charge in [0.25, 0.3) is 0 Å².